The highest BCUT2D eigenvalue weighted by Gasteiger charge is 2.26. The van der Waals surface area contributed by atoms with Crippen LogP contribution in [0.4, 0.5) is 0 Å². The minimum Gasteiger partial charge on any atom is -0.336 e. The normalized spacial score (nSPS) is 15.4. The largest absolute Gasteiger partial charge is 0.336 e. The van der Waals surface area contributed by atoms with Gasteiger partial charge in [0, 0.05) is 32.4 Å². The number of carbonyl (C=O) groups is 1. The van der Waals surface area contributed by atoms with Crippen LogP contribution in [0.5, 0.6) is 0 Å². The van der Waals surface area contributed by atoms with Gasteiger partial charge in [0.05, 0.1) is 27.4 Å². The number of hydrogen-bond donors (Lipinski definition) is 0. The maximum absolute atomic E-state index is 13.0. The molecule has 0 N–H and O–H groups in total. The SMILES string of the molecule is CCN1CCN(C(=O)c2cnc3c(c(C)nn3-c3ccc(C)cc3)c2Cl)CC1. The van der Waals surface area contributed by atoms with Crippen LogP contribution in [-0.4, -0.2) is 63.2 Å². The first-order chi connectivity index (χ1) is 13.5. The van der Waals surface area contributed by atoms with Crippen molar-refractivity contribution in [3.8, 4) is 5.69 Å². The number of pyridine rings is 1. The van der Waals surface area contributed by atoms with Crippen LogP contribution in [-0.2, 0) is 0 Å². The van der Waals surface area contributed by atoms with Gasteiger partial charge in [-0.3, -0.25) is 4.79 Å². The maximum Gasteiger partial charge on any atom is 0.257 e. The van der Waals surface area contributed by atoms with Crippen molar-refractivity contribution in [1.82, 2.24) is 24.6 Å². The minimum atomic E-state index is -0.0577. The Bertz CT molecular complexity index is 1020. The zero-order valence-electron chi connectivity index (χ0n) is 16.4. The van der Waals surface area contributed by atoms with Gasteiger partial charge >= 0.3 is 0 Å². The van der Waals surface area contributed by atoms with E-state index in [4.69, 9.17) is 11.6 Å². The first kappa shape index (κ1) is 18.9. The number of fused-ring (bicyclic) bond motifs is 1. The Morgan fingerprint density at radius 3 is 2.43 bits per heavy atom. The number of likely N-dealkylation sites (N-methyl/N-ethyl adjacent to an activating group) is 1. The van der Waals surface area contributed by atoms with Crippen molar-refractivity contribution in [1.29, 1.82) is 0 Å². The highest BCUT2D eigenvalue weighted by atomic mass is 35.5. The molecule has 7 heteroatoms. The number of halogens is 1. The van der Waals surface area contributed by atoms with E-state index >= 15 is 0 Å². The molecule has 1 aliphatic heterocycles. The smallest absolute Gasteiger partial charge is 0.257 e. The lowest BCUT2D eigenvalue weighted by Gasteiger charge is -2.34. The van der Waals surface area contributed by atoms with E-state index in [0.717, 1.165) is 36.4 Å². The first-order valence-corrected chi connectivity index (χ1v) is 10.00. The first-order valence-electron chi connectivity index (χ1n) is 9.62. The Morgan fingerprint density at radius 1 is 1.11 bits per heavy atom. The summed E-state index contributed by atoms with van der Waals surface area (Å²) in [5.74, 6) is -0.0577. The van der Waals surface area contributed by atoms with Gasteiger partial charge in [0.25, 0.3) is 5.91 Å². The second kappa shape index (κ2) is 7.53. The van der Waals surface area contributed by atoms with Gasteiger partial charge in [-0.25, -0.2) is 9.67 Å². The number of aryl methyl sites for hydroxylation is 2. The number of amides is 1. The van der Waals surface area contributed by atoms with Gasteiger partial charge in [-0.2, -0.15) is 5.10 Å². The average Bonchev–Trinajstić information content (AvgIpc) is 3.06. The summed E-state index contributed by atoms with van der Waals surface area (Å²) >= 11 is 6.69. The number of benzene rings is 1. The molecule has 1 fully saturated rings. The summed E-state index contributed by atoms with van der Waals surface area (Å²) in [6.07, 6.45) is 1.59. The number of piperazine rings is 1. The molecule has 1 aromatic carbocycles. The fourth-order valence-corrected chi connectivity index (χ4v) is 4.01. The van der Waals surface area contributed by atoms with Crippen LogP contribution in [0.3, 0.4) is 0 Å². The maximum atomic E-state index is 13.0. The van der Waals surface area contributed by atoms with Gasteiger partial charge in [0.2, 0.25) is 0 Å². The molecule has 0 spiro atoms. The van der Waals surface area contributed by atoms with Crippen LogP contribution in [0.15, 0.2) is 30.5 Å². The molecule has 0 radical (unpaired) electrons. The van der Waals surface area contributed by atoms with Crippen molar-refractivity contribution in [3.63, 3.8) is 0 Å². The molecule has 2 aromatic heterocycles. The van der Waals surface area contributed by atoms with Crippen LogP contribution in [0.1, 0.15) is 28.5 Å². The van der Waals surface area contributed by atoms with Crippen LogP contribution >= 0.6 is 11.6 Å². The van der Waals surface area contributed by atoms with Crippen molar-refractivity contribution in [2.75, 3.05) is 32.7 Å². The predicted octanol–water partition coefficient (Wildman–Crippen LogP) is 3.47. The average molecular weight is 398 g/mol. The number of carbonyl (C=O) groups excluding carboxylic acids is 1. The Labute approximate surface area is 169 Å². The standard InChI is InChI=1S/C21H24ClN5O/c1-4-25-9-11-26(12-10-25)21(28)17-13-23-20-18(19(17)22)15(3)24-27(20)16-7-5-14(2)6-8-16/h5-8,13H,4,9-12H2,1-3H3. The Kier molecular flexibility index (Phi) is 5.08. The summed E-state index contributed by atoms with van der Waals surface area (Å²) in [7, 11) is 0. The van der Waals surface area contributed by atoms with Gasteiger partial charge < -0.3 is 9.80 Å². The fourth-order valence-electron chi connectivity index (χ4n) is 3.66. The van der Waals surface area contributed by atoms with Gasteiger partial charge in [-0.15, -0.1) is 0 Å². The van der Waals surface area contributed by atoms with E-state index in [1.54, 1.807) is 10.9 Å². The van der Waals surface area contributed by atoms with Crippen molar-refractivity contribution >= 4 is 28.5 Å². The predicted molar refractivity (Wildman–Crippen MR) is 111 cm³/mol. The zero-order valence-corrected chi connectivity index (χ0v) is 17.2. The molecule has 146 valence electrons. The Morgan fingerprint density at radius 2 is 1.79 bits per heavy atom. The van der Waals surface area contributed by atoms with E-state index in [2.05, 4.69) is 21.9 Å². The molecule has 0 unspecified atom stereocenters. The lowest BCUT2D eigenvalue weighted by atomic mass is 10.1. The third-order valence-electron chi connectivity index (χ3n) is 5.42. The third kappa shape index (κ3) is 3.27. The zero-order chi connectivity index (χ0) is 19.8. The van der Waals surface area contributed by atoms with Gasteiger partial charge in [0.15, 0.2) is 5.65 Å². The highest BCUT2D eigenvalue weighted by Crippen LogP contribution is 2.30. The second-order valence-corrected chi connectivity index (χ2v) is 7.62. The summed E-state index contributed by atoms with van der Waals surface area (Å²) < 4.78 is 1.78. The summed E-state index contributed by atoms with van der Waals surface area (Å²) in [6.45, 7) is 10.3. The van der Waals surface area contributed by atoms with Crippen LogP contribution in [0.25, 0.3) is 16.7 Å². The molecule has 4 rings (SSSR count). The molecule has 3 heterocycles. The van der Waals surface area contributed by atoms with Crippen molar-refractivity contribution in [2.45, 2.75) is 20.8 Å². The Hall–Kier alpha value is -2.44. The summed E-state index contributed by atoms with van der Waals surface area (Å²) in [5, 5.41) is 5.79. The molecule has 28 heavy (non-hydrogen) atoms. The molecular formula is C21H24ClN5O. The van der Waals surface area contributed by atoms with Crippen molar-refractivity contribution in [3.05, 3.63) is 52.3 Å². The fraction of sp³-hybridized carbons (Fsp3) is 0.381. The van der Waals surface area contributed by atoms with Crippen molar-refractivity contribution in [2.24, 2.45) is 0 Å². The summed E-state index contributed by atoms with van der Waals surface area (Å²) in [6, 6.07) is 8.08. The highest BCUT2D eigenvalue weighted by molar-refractivity contribution is 6.38. The molecule has 0 bridgehead atoms. The molecule has 3 aromatic rings. The van der Waals surface area contributed by atoms with Crippen molar-refractivity contribution < 1.29 is 4.79 Å². The van der Waals surface area contributed by atoms with E-state index < -0.39 is 0 Å². The van der Waals surface area contributed by atoms with Gasteiger partial charge in [-0.1, -0.05) is 36.2 Å². The third-order valence-corrected chi connectivity index (χ3v) is 5.82. The van der Waals surface area contributed by atoms with Crippen LogP contribution in [0, 0.1) is 13.8 Å². The quantitative estimate of drug-likeness (QED) is 0.679. The lowest BCUT2D eigenvalue weighted by molar-refractivity contribution is 0.0643. The molecule has 6 nitrogen and oxygen atoms in total. The molecule has 0 saturated carbocycles. The van der Waals surface area contributed by atoms with E-state index in [0.29, 0.717) is 29.3 Å². The molecule has 0 atom stereocenters. The van der Waals surface area contributed by atoms with E-state index in [-0.39, 0.29) is 5.91 Å². The molecule has 1 saturated heterocycles. The van der Waals surface area contributed by atoms with E-state index in [1.165, 1.54) is 5.56 Å². The van der Waals surface area contributed by atoms with E-state index in [1.807, 2.05) is 43.0 Å². The summed E-state index contributed by atoms with van der Waals surface area (Å²) in [5.41, 5.74) is 3.98. The van der Waals surface area contributed by atoms with Gasteiger partial charge in [-0.05, 0) is 32.5 Å². The Balaban J connectivity index is 1.71. The monoisotopic (exact) mass is 397 g/mol. The molecule has 0 aliphatic carbocycles. The van der Waals surface area contributed by atoms with E-state index in [9.17, 15) is 4.79 Å². The second-order valence-electron chi connectivity index (χ2n) is 7.24. The number of hydrogen-bond acceptors (Lipinski definition) is 4. The van der Waals surface area contributed by atoms with Crippen LogP contribution < -0.4 is 0 Å². The summed E-state index contributed by atoms with van der Waals surface area (Å²) in [4.78, 5) is 21.8. The molecule has 1 aliphatic rings. The number of aromatic nitrogens is 3. The molecular weight excluding hydrogens is 374 g/mol. The number of nitrogens with zero attached hydrogens (tertiary/aromatic N) is 5. The minimum absolute atomic E-state index is 0.0577. The topological polar surface area (TPSA) is 54.3 Å². The lowest BCUT2D eigenvalue weighted by Crippen LogP contribution is -2.48. The van der Waals surface area contributed by atoms with Gasteiger partial charge in [0.1, 0.15) is 0 Å². The van der Waals surface area contributed by atoms with Crippen LogP contribution in [0.2, 0.25) is 5.02 Å². The number of rotatable bonds is 3. The molecule has 1 amide bonds.